The van der Waals surface area contributed by atoms with Crippen molar-refractivity contribution >= 4 is 11.0 Å². The summed E-state index contributed by atoms with van der Waals surface area (Å²) in [5.74, 6) is 1.32. The van der Waals surface area contributed by atoms with E-state index in [1.54, 1.807) is 0 Å². The fourth-order valence-electron chi connectivity index (χ4n) is 2.71. The van der Waals surface area contributed by atoms with Gasteiger partial charge in [0, 0.05) is 12.5 Å². The third kappa shape index (κ3) is 2.21. The number of benzene rings is 2. The molecule has 0 aliphatic rings. The van der Waals surface area contributed by atoms with E-state index in [2.05, 4.69) is 42.2 Å². The van der Waals surface area contributed by atoms with Gasteiger partial charge in [0.1, 0.15) is 5.82 Å². The van der Waals surface area contributed by atoms with Gasteiger partial charge in [0.15, 0.2) is 0 Å². The molecule has 0 fully saturated rings. The van der Waals surface area contributed by atoms with Crippen molar-refractivity contribution in [3.63, 3.8) is 0 Å². The van der Waals surface area contributed by atoms with Crippen LogP contribution >= 0.6 is 0 Å². The zero-order chi connectivity index (χ0) is 13.9. The summed E-state index contributed by atoms with van der Waals surface area (Å²) in [5.41, 5.74) is 10.2. The maximum absolute atomic E-state index is 5.79. The van der Waals surface area contributed by atoms with E-state index in [9.17, 15) is 0 Å². The fraction of sp³-hybridized carbons (Fsp3) is 0.235. The number of hydrogen-bond acceptors (Lipinski definition) is 2. The lowest BCUT2D eigenvalue weighted by Gasteiger charge is -2.12. The molecule has 0 amide bonds. The first-order valence-corrected chi connectivity index (χ1v) is 7.06. The average molecular weight is 265 g/mol. The van der Waals surface area contributed by atoms with Crippen molar-refractivity contribution in [1.82, 2.24) is 9.97 Å². The summed E-state index contributed by atoms with van der Waals surface area (Å²) in [6.07, 6.45) is 1.02. The Bertz CT molecular complexity index is 701. The molecule has 0 spiro atoms. The Morgan fingerprint density at radius 3 is 2.60 bits per heavy atom. The van der Waals surface area contributed by atoms with E-state index >= 15 is 0 Å². The summed E-state index contributed by atoms with van der Waals surface area (Å²) >= 11 is 0. The second-order valence-corrected chi connectivity index (χ2v) is 5.01. The predicted octanol–water partition coefficient (Wildman–Crippen LogP) is 3.56. The molecular formula is C17H19N3. The lowest BCUT2D eigenvalue weighted by Crippen LogP contribution is -2.02. The Morgan fingerprint density at radius 1 is 1.10 bits per heavy atom. The van der Waals surface area contributed by atoms with Crippen LogP contribution in [0.5, 0.6) is 0 Å². The molecule has 1 aromatic heterocycles. The zero-order valence-corrected chi connectivity index (χ0v) is 11.6. The van der Waals surface area contributed by atoms with Gasteiger partial charge in [0.25, 0.3) is 0 Å². The van der Waals surface area contributed by atoms with E-state index < -0.39 is 0 Å². The first-order valence-electron chi connectivity index (χ1n) is 7.06. The molecule has 1 heterocycles. The summed E-state index contributed by atoms with van der Waals surface area (Å²) in [4.78, 5) is 8.25. The van der Waals surface area contributed by atoms with Crippen LogP contribution in [0.2, 0.25) is 0 Å². The normalized spacial score (nSPS) is 12.7. The predicted molar refractivity (Wildman–Crippen MR) is 82.6 cm³/mol. The summed E-state index contributed by atoms with van der Waals surface area (Å²) in [5, 5.41) is 0. The molecule has 102 valence electrons. The van der Waals surface area contributed by atoms with E-state index in [4.69, 9.17) is 10.7 Å². The Labute approximate surface area is 118 Å². The Kier molecular flexibility index (Phi) is 3.52. The van der Waals surface area contributed by atoms with Crippen molar-refractivity contribution < 1.29 is 0 Å². The number of fused-ring (bicyclic) bond motifs is 1. The van der Waals surface area contributed by atoms with Gasteiger partial charge in [-0.05, 0) is 23.6 Å². The maximum Gasteiger partial charge on any atom is 0.114 e. The number of rotatable bonds is 4. The highest BCUT2D eigenvalue weighted by Gasteiger charge is 2.16. The van der Waals surface area contributed by atoms with Gasteiger partial charge in [-0.2, -0.15) is 0 Å². The molecule has 3 aromatic rings. The number of para-hydroxylation sites is 1. The molecule has 0 saturated carbocycles. The van der Waals surface area contributed by atoms with Gasteiger partial charge in [-0.1, -0.05) is 49.4 Å². The highest BCUT2D eigenvalue weighted by molar-refractivity contribution is 5.79. The standard InChI is InChI=1S/C17H19N3/c1-2-14(12-7-4-3-5-8-12)17-19-15-10-6-9-13(11-18)16(15)20-17/h3-10,14H,2,11,18H2,1H3,(H,19,20). The molecule has 1 unspecified atom stereocenters. The molecule has 3 N–H and O–H groups in total. The van der Waals surface area contributed by atoms with Crippen LogP contribution in [-0.4, -0.2) is 9.97 Å². The van der Waals surface area contributed by atoms with Gasteiger partial charge in [0.2, 0.25) is 0 Å². The minimum atomic E-state index is 0.300. The van der Waals surface area contributed by atoms with Crippen molar-refractivity contribution in [2.24, 2.45) is 5.73 Å². The molecule has 0 saturated heterocycles. The first kappa shape index (κ1) is 12.9. The number of hydrogen-bond donors (Lipinski definition) is 2. The molecule has 0 aliphatic carbocycles. The highest BCUT2D eigenvalue weighted by Crippen LogP contribution is 2.28. The lowest BCUT2D eigenvalue weighted by molar-refractivity contribution is 0.732. The topological polar surface area (TPSA) is 54.7 Å². The summed E-state index contributed by atoms with van der Waals surface area (Å²) in [6, 6.07) is 16.6. The van der Waals surface area contributed by atoms with Gasteiger partial charge in [-0.3, -0.25) is 0 Å². The number of imidazole rings is 1. The number of aromatic nitrogens is 2. The second-order valence-electron chi connectivity index (χ2n) is 5.01. The van der Waals surface area contributed by atoms with Crippen LogP contribution in [0.15, 0.2) is 48.5 Å². The highest BCUT2D eigenvalue weighted by atomic mass is 14.9. The van der Waals surface area contributed by atoms with Gasteiger partial charge in [0.05, 0.1) is 11.0 Å². The van der Waals surface area contributed by atoms with Crippen molar-refractivity contribution in [3.05, 3.63) is 65.5 Å². The third-order valence-electron chi connectivity index (χ3n) is 3.77. The third-order valence-corrected chi connectivity index (χ3v) is 3.77. The van der Waals surface area contributed by atoms with Gasteiger partial charge in [-0.15, -0.1) is 0 Å². The Balaban J connectivity index is 2.09. The van der Waals surface area contributed by atoms with Crippen molar-refractivity contribution in [3.8, 4) is 0 Å². The van der Waals surface area contributed by atoms with Crippen LogP contribution < -0.4 is 5.73 Å². The van der Waals surface area contributed by atoms with Crippen LogP contribution in [0.4, 0.5) is 0 Å². The van der Waals surface area contributed by atoms with Crippen molar-refractivity contribution in [1.29, 1.82) is 0 Å². The van der Waals surface area contributed by atoms with E-state index in [0.29, 0.717) is 12.5 Å². The minimum absolute atomic E-state index is 0.300. The lowest BCUT2D eigenvalue weighted by atomic mass is 9.96. The maximum atomic E-state index is 5.79. The number of nitrogens with two attached hydrogens (primary N) is 1. The van der Waals surface area contributed by atoms with Gasteiger partial charge in [-0.25, -0.2) is 4.98 Å². The number of H-pyrrole nitrogens is 1. The first-order chi connectivity index (χ1) is 9.83. The van der Waals surface area contributed by atoms with Crippen LogP contribution in [0.25, 0.3) is 11.0 Å². The molecule has 3 rings (SSSR count). The van der Waals surface area contributed by atoms with Crippen molar-refractivity contribution in [2.45, 2.75) is 25.8 Å². The van der Waals surface area contributed by atoms with Gasteiger partial charge < -0.3 is 10.7 Å². The quantitative estimate of drug-likeness (QED) is 0.757. The van der Waals surface area contributed by atoms with Gasteiger partial charge >= 0.3 is 0 Å². The Hall–Kier alpha value is -2.13. The monoisotopic (exact) mass is 265 g/mol. The smallest absolute Gasteiger partial charge is 0.114 e. The summed E-state index contributed by atoms with van der Waals surface area (Å²) in [7, 11) is 0. The van der Waals surface area contributed by atoms with Crippen LogP contribution in [0.3, 0.4) is 0 Å². The number of aromatic amines is 1. The molecular weight excluding hydrogens is 246 g/mol. The molecule has 2 aromatic carbocycles. The van der Waals surface area contributed by atoms with E-state index in [0.717, 1.165) is 28.8 Å². The minimum Gasteiger partial charge on any atom is -0.341 e. The fourth-order valence-corrected chi connectivity index (χ4v) is 2.71. The van der Waals surface area contributed by atoms with Crippen LogP contribution in [0.1, 0.15) is 36.2 Å². The Morgan fingerprint density at radius 2 is 1.90 bits per heavy atom. The molecule has 3 nitrogen and oxygen atoms in total. The average Bonchev–Trinajstić information content (AvgIpc) is 2.92. The summed E-state index contributed by atoms with van der Waals surface area (Å²) in [6.45, 7) is 2.71. The molecule has 20 heavy (non-hydrogen) atoms. The summed E-state index contributed by atoms with van der Waals surface area (Å²) < 4.78 is 0. The zero-order valence-electron chi connectivity index (χ0n) is 11.6. The van der Waals surface area contributed by atoms with Crippen LogP contribution in [0, 0.1) is 0 Å². The molecule has 3 heteroatoms. The van der Waals surface area contributed by atoms with Crippen LogP contribution in [-0.2, 0) is 6.54 Å². The molecule has 1 atom stereocenters. The number of nitrogens with zero attached hydrogens (tertiary/aromatic N) is 1. The van der Waals surface area contributed by atoms with E-state index in [1.165, 1.54) is 5.56 Å². The SMILES string of the molecule is CCC(c1ccccc1)c1nc2c(CN)cccc2[nH]1. The van der Waals surface area contributed by atoms with E-state index in [-0.39, 0.29) is 0 Å². The molecule has 0 bridgehead atoms. The second kappa shape index (κ2) is 5.47. The molecule has 0 radical (unpaired) electrons. The largest absolute Gasteiger partial charge is 0.341 e. The van der Waals surface area contributed by atoms with Crippen molar-refractivity contribution in [2.75, 3.05) is 0 Å². The van der Waals surface area contributed by atoms with E-state index in [1.807, 2.05) is 18.2 Å². The molecule has 0 aliphatic heterocycles. The number of nitrogens with one attached hydrogen (secondary N) is 1.